The Morgan fingerprint density at radius 2 is 1.80 bits per heavy atom. The summed E-state index contributed by atoms with van der Waals surface area (Å²) in [6.07, 6.45) is 10.6. The zero-order valence-electron chi connectivity index (χ0n) is 25.5. The fourth-order valence-electron chi connectivity index (χ4n) is 5.57. The van der Waals surface area contributed by atoms with E-state index in [1.165, 1.54) is 19.3 Å². The molecule has 1 aliphatic heterocycles. The van der Waals surface area contributed by atoms with Crippen molar-refractivity contribution in [2.24, 2.45) is 22.7 Å². The first-order chi connectivity index (χ1) is 19.2. The lowest BCUT2D eigenvalue weighted by molar-refractivity contribution is -0.136. The van der Waals surface area contributed by atoms with Crippen LogP contribution in [0.4, 0.5) is 13.2 Å². The summed E-state index contributed by atoms with van der Waals surface area (Å²) in [7, 11) is 3.36. The van der Waals surface area contributed by atoms with Crippen LogP contribution >= 0.6 is 0 Å². The first kappa shape index (κ1) is 34.1. The van der Waals surface area contributed by atoms with Crippen molar-refractivity contribution >= 4 is 17.5 Å². The minimum Gasteiger partial charge on any atom is -0.377 e. The van der Waals surface area contributed by atoms with Crippen molar-refractivity contribution in [1.82, 2.24) is 15.1 Å². The van der Waals surface area contributed by atoms with Crippen LogP contribution in [0.25, 0.3) is 0 Å². The molecule has 2 fully saturated rings. The number of rotatable bonds is 10. The van der Waals surface area contributed by atoms with Gasteiger partial charge in [-0.05, 0) is 64.2 Å². The van der Waals surface area contributed by atoms with Gasteiger partial charge in [-0.25, -0.2) is 4.99 Å². The van der Waals surface area contributed by atoms with Crippen LogP contribution in [-0.4, -0.2) is 60.7 Å². The molecule has 1 aliphatic carbocycles. The topological polar surface area (TPSA) is 65.0 Å². The number of carbonyl (C=O) groups excluding carboxylic acids is 2. The lowest BCUT2D eigenvalue weighted by Gasteiger charge is -2.37. The third-order valence-corrected chi connectivity index (χ3v) is 7.96. The molecule has 0 radical (unpaired) electrons. The highest BCUT2D eigenvalue weighted by atomic mass is 19.4. The third-order valence-electron chi connectivity index (χ3n) is 7.96. The summed E-state index contributed by atoms with van der Waals surface area (Å²) in [6, 6.07) is 0. The molecule has 1 saturated carbocycles. The van der Waals surface area contributed by atoms with Crippen molar-refractivity contribution in [3.05, 3.63) is 59.6 Å². The molecular weight excluding hydrogens is 529 g/mol. The summed E-state index contributed by atoms with van der Waals surface area (Å²) in [5.74, 6) is 0.105. The van der Waals surface area contributed by atoms with Crippen LogP contribution in [0.1, 0.15) is 72.6 Å². The normalized spacial score (nSPS) is 21.3. The van der Waals surface area contributed by atoms with Gasteiger partial charge in [0, 0.05) is 50.1 Å². The van der Waals surface area contributed by atoms with Crippen LogP contribution in [0.5, 0.6) is 0 Å². The molecule has 1 amide bonds. The molecule has 2 rings (SSSR count). The number of hydrogen-bond acceptors (Lipinski definition) is 5. The van der Waals surface area contributed by atoms with Gasteiger partial charge in [-0.1, -0.05) is 50.8 Å². The highest BCUT2D eigenvalue weighted by Gasteiger charge is 2.38. The van der Waals surface area contributed by atoms with Crippen molar-refractivity contribution in [3.8, 4) is 0 Å². The molecular formula is C32H47F3N4O2. The Morgan fingerprint density at radius 3 is 2.37 bits per heavy atom. The number of hydrogen-bond donors (Lipinski definition) is 1. The van der Waals surface area contributed by atoms with E-state index >= 15 is 0 Å². The van der Waals surface area contributed by atoms with Crippen LogP contribution in [0.3, 0.4) is 0 Å². The number of alkyl halides is 3. The lowest BCUT2D eigenvalue weighted by atomic mass is 9.74. The van der Waals surface area contributed by atoms with E-state index in [-0.39, 0.29) is 24.2 Å². The highest BCUT2D eigenvalue weighted by Crippen LogP contribution is 2.35. The van der Waals surface area contributed by atoms with Crippen molar-refractivity contribution in [2.75, 3.05) is 27.2 Å². The Hall–Kier alpha value is -3.10. The predicted molar refractivity (Wildman–Crippen MR) is 160 cm³/mol. The number of carbonyl (C=O) groups is 2. The largest absolute Gasteiger partial charge is 0.415 e. The number of likely N-dealkylation sites (N-methyl/N-ethyl adjacent to an activating group) is 1. The van der Waals surface area contributed by atoms with Gasteiger partial charge in [0.25, 0.3) is 0 Å². The Labute approximate surface area is 243 Å². The van der Waals surface area contributed by atoms with Crippen LogP contribution in [0.15, 0.2) is 64.6 Å². The average molecular weight is 577 g/mol. The predicted octanol–water partition coefficient (Wildman–Crippen LogP) is 6.95. The second-order valence-electron chi connectivity index (χ2n) is 11.4. The molecule has 0 aromatic rings. The van der Waals surface area contributed by atoms with Gasteiger partial charge in [-0.15, -0.1) is 0 Å². The number of ketones is 1. The summed E-state index contributed by atoms with van der Waals surface area (Å²) in [4.78, 5) is 34.7. The molecule has 0 spiro atoms. The molecule has 2 aliphatic rings. The van der Waals surface area contributed by atoms with Crippen molar-refractivity contribution < 1.29 is 22.8 Å². The smallest absolute Gasteiger partial charge is 0.377 e. The van der Waals surface area contributed by atoms with Gasteiger partial charge < -0.3 is 15.1 Å². The van der Waals surface area contributed by atoms with Gasteiger partial charge in [-0.3, -0.25) is 9.59 Å². The SMILES string of the molecule is C=C(/C=C(/C(C)=C/C=C(\C)N1CCC([C@@H](CC2CCCCC2)C(=O)NC(C)=N/C=C\C)C(=O)C1)N(C)C)C(F)(F)F. The molecule has 0 aromatic carbocycles. The maximum atomic E-state index is 13.5. The van der Waals surface area contributed by atoms with E-state index in [0.29, 0.717) is 42.4 Å². The minimum absolute atomic E-state index is 0.0408. The Balaban J connectivity index is 2.19. The molecule has 41 heavy (non-hydrogen) atoms. The first-order valence-electron chi connectivity index (χ1n) is 14.5. The fraction of sp³-hybridized carbons (Fsp3) is 0.594. The molecule has 6 nitrogen and oxygen atoms in total. The van der Waals surface area contributed by atoms with E-state index in [2.05, 4.69) is 16.9 Å². The zero-order valence-corrected chi connectivity index (χ0v) is 25.5. The van der Waals surface area contributed by atoms with E-state index in [1.54, 1.807) is 51.2 Å². The summed E-state index contributed by atoms with van der Waals surface area (Å²) < 4.78 is 39.1. The van der Waals surface area contributed by atoms with Gasteiger partial charge in [0.05, 0.1) is 12.1 Å². The van der Waals surface area contributed by atoms with Gasteiger partial charge in [-0.2, -0.15) is 13.2 Å². The molecule has 1 saturated heterocycles. The number of amidine groups is 1. The summed E-state index contributed by atoms with van der Waals surface area (Å²) in [6.45, 7) is 11.2. The molecule has 0 aromatic heterocycles. The molecule has 228 valence electrons. The Kier molecular flexibility index (Phi) is 13.1. The summed E-state index contributed by atoms with van der Waals surface area (Å²) in [5.41, 5.74) is 0.958. The molecule has 2 atom stereocenters. The summed E-state index contributed by atoms with van der Waals surface area (Å²) >= 11 is 0. The van der Waals surface area contributed by atoms with Crippen LogP contribution in [0.2, 0.25) is 0 Å². The second kappa shape index (κ2) is 15.8. The molecule has 0 bridgehead atoms. The summed E-state index contributed by atoms with van der Waals surface area (Å²) in [5, 5.41) is 2.92. The first-order valence-corrected chi connectivity index (χ1v) is 14.5. The van der Waals surface area contributed by atoms with Gasteiger partial charge in [0.1, 0.15) is 5.84 Å². The van der Waals surface area contributed by atoms with Gasteiger partial charge >= 0.3 is 6.18 Å². The van der Waals surface area contributed by atoms with E-state index < -0.39 is 17.7 Å². The van der Waals surface area contributed by atoms with E-state index in [1.807, 2.05) is 24.8 Å². The highest BCUT2D eigenvalue weighted by molar-refractivity contribution is 6.00. The van der Waals surface area contributed by atoms with E-state index in [4.69, 9.17) is 0 Å². The van der Waals surface area contributed by atoms with Gasteiger partial charge in [0.2, 0.25) is 5.91 Å². The Morgan fingerprint density at radius 1 is 1.15 bits per heavy atom. The molecule has 1 heterocycles. The zero-order chi connectivity index (χ0) is 30.7. The molecule has 1 unspecified atom stereocenters. The van der Waals surface area contributed by atoms with Crippen LogP contribution < -0.4 is 5.32 Å². The number of nitrogens with zero attached hydrogens (tertiary/aromatic N) is 3. The Bertz CT molecular complexity index is 1090. The van der Waals surface area contributed by atoms with Crippen molar-refractivity contribution in [1.29, 1.82) is 0 Å². The number of allylic oxidation sites excluding steroid dienone is 7. The third kappa shape index (κ3) is 10.7. The number of piperidine rings is 1. The maximum Gasteiger partial charge on any atom is 0.415 e. The van der Waals surface area contributed by atoms with Gasteiger partial charge in [0.15, 0.2) is 5.78 Å². The molecule has 9 heteroatoms. The number of halogens is 3. The second-order valence-corrected chi connectivity index (χ2v) is 11.4. The lowest BCUT2D eigenvalue weighted by Crippen LogP contribution is -2.47. The van der Waals surface area contributed by atoms with Crippen LogP contribution in [-0.2, 0) is 9.59 Å². The number of likely N-dealkylation sites (tertiary alicyclic amines) is 1. The average Bonchev–Trinajstić information content (AvgIpc) is 2.91. The number of Topliss-reactive ketones (excluding diaryl/α,β-unsaturated/α-hetero) is 1. The quantitative estimate of drug-likeness (QED) is 0.174. The van der Waals surface area contributed by atoms with E-state index in [0.717, 1.165) is 24.6 Å². The number of amides is 1. The fourth-order valence-corrected chi connectivity index (χ4v) is 5.57. The van der Waals surface area contributed by atoms with E-state index in [9.17, 15) is 22.8 Å². The van der Waals surface area contributed by atoms with Crippen molar-refractivity contribution in [2.45, 2.75) is 78.8 Å². The minimum atomic E-state index is -4.50. The standard InChI is InChI=1S/C32H47F3N4O2/c1-8-17-36-25(5)37-31(41)28(20-26-12-10-9-11-13-26)27-16-18-39(21-30(27)40)24(4)15-14-22(2)29(38(6)7)19-23(3)32(33,34)35/h8,14-15,17,19,26-28H,3,9-13,16,18,20-21H2,1-2,4-7H3,(H,36,37,41)/b17-8-,22-14+,24-15+,29-19-/t27?,28-/m1/s1. The maximum absolute atomic E-state index is 13.5. The van der Waals surface area contributed by atoms with Crippen LogP contribution in [0, 0.1) is 17.8 Å². The van der Waals surface area contributed by atoms with Crippen molar-refractivity contribution in [3.63, 3.8) is 0 Å². The number of nitrogens with one attached hydrogen (secondary N) is 1. The monoisotopic (exact) mass is 576 g/mol. The number of aliphatic imine (C=N–C) groups is 1. The molecule has 1 N–H and O–H groups in total.